The Kier molecular flexibility index (Phi) is 7.14. The maximum atomic E-state index is 13.5. The summed E-state index contributed by atoms with van der Waals surface area (Å²) >= 11 is 5.83. The highest BCUT2D eigenvalue weighted by molar-refractivity contribution is 7.88. The van der Waals surface area contributed by atoms with Crippen molar-refractivity contribution in [1.82, 2.24) is 4.31 Å². The summed E-state index contributed by atoms with van der Waals surface area (Å²) in [5.41, 5.74) is 1.02. The van der Waals surface area contributed by atoms with E-state index in [1.165, 1.54) is 22.5 Å². The average molecular weight is 399 g/mol. The van der Waals surface area contributed by atoms with E-state index in [1.807, 2.05) is 12.1 Å². The van der Waals surface area contributed by atoms with Crippen molar-refractivity contribution in [3.63, 3.8) is 0 Å². The largest absolute Gasteiger partial charge is 0.324 e. The Morgan fingerprint density at radius 2 is 1.77 bits per heavy atom. The molecule has 0 fully saturated rings. The first kappa shape index (κ1) is 20.4. The number of benzene rings is 2. The zero-order valence-electron chi connectivity index (χ0n) is 14.3. The maximum absolute atomic E-state index is 13.5. The molecule has 0 atom stereocenters. The fourth-order valence-electron chi connectivity index (χ4n) is 2.35. The van der Waals surface area contributed by atoms with Crippen LogP contribution in [0.1, 0.15) is 12.0 Å². The number of rotatable bonds is 8. The topological polar surface area (TPSA) is 66.5 Å². The maximum Gasteiger partial charge on any atom is 0.225 e. The summed E-state index contributed by atoms with van der Waals surface area (Å²) < 4.78 is 38.7. The van der Waals surface area contributed by atoms with Crippen molar-refractivity contribution in [2.75, 3.05) is 24.7 Å². The third-order valence-corrected chi connectivity index (χ3v) is 5.32. The van der Waals surface area contributed by atoms with Gasteiger partial charge in [0.1, 0.15) is 5.82 Å². The lowest BCUT2D eigenvalue weighted by atomic mass is 10.1. The van der Waals surface area contributed by atoms with Gasteiger partial charge in [-0.05, 0) is 36.2 Å². The highest BCUT2D eigenvalue weighted by atomic mass is 35.5. The molecule has 2 rings (SSSR count). The molecule has 1 N–H and O–H groups in total. The molecule has 1 amide bonds. The van der Waals surface area contributed by atoms with Gasteiger partial charge in [-0.3, -0.25) is 4.79 Å². The first-order valence-electron chi connectivity index (χ1n) is 7.99. The molecule has 0 aliphatic heterocycles. The zero-order valence-corrected chi connectivity index (χ0v) is 15.9. The van der Waals surface area contributed by atoms with Gasteiger partial charge in [-0.25, -0.2) is 17.1 Å². The van der Waals surface area contributed by atoms with E-state index in [0.717, 1.165) is 11.8 Å². The molecule has 0 bridgehead atoms. The number of nitrogens with one attached hydrogen (secondary N) is 1. The first-order valence-corrected chi connectivity index (χ1v) is 10.2. The van der Waals surface area contributed by atoms with Gasteiger partial charge in [0.25, 0.3) is 0 Å². The number of sulfonamides is 1. The van der Waals surface area contributed by atoms with E-state index in [0.29, 0.717) is 11.4 Å². The van der Waals surface area contributed by atoms with E-state index in [-0.39, 0.29) is 25.2 Å². The fourth-order valence-corrected chi connectivity index (χ4v) is 3.32. The van der Waals surface area contributed by atoms with Crippen LogP contribution < -0.4 is 5.32 Å². The molecule has 0 aliphatic carbocycles. The van der Waals surface area contributed by atoms with Gasteiger partial charge in [0.15, 0.2) is 0 Å². The fraction of sp³-hybridized carbons (Fsp3) is 0.278. The predicted molar refractivity (Wildman–Crippen MR) is 101 cm³/mol. The van der Waals surface area contributed by atoms with Crippen LogP contribution in [0.4, 0.5) is 10.1 Å². The Labute approximate surface area is 157 Å². The quantitative estimate of drug-likeness (QED) is 0.741. The Bertz CT molecular complexity index is 857. The Morgan fingerprint density at radius 1 is 1.12 bits per heavy atom. The van der Waals surface area contributed by atoms with Crippen LogP contribution in [0.2, 0.25) is 5.02 Å². The van der Waals surface area contributed by atoms with Gasteiger partial charge in [-0.1, -0.05) is 35.9 Å². The molecular weight excluding hydrogens is 379 g/mol. The molecule has 0 unspecified atom stereocenters. The lowest BCUT2D eigenvalue weighted by Crippen LogP contribution is -2.34. The van der Waals surface area contributed by atoms with Crippen LogP contribution in [-0.4, -0.2) is 38.0 Å². The van der Waals surface area contributed by atoms with Crippen LogP contribution in [0.3, 0.4) is 0 Å². The molecular formula is C18H20ClFN2O3S. The second-order valence-corrected chi connectivity index (χ2v) is 8.24. The molecule has 0 saturated carbocycles. The molecule has 5 nitrogen and oxygen atoms in total. The molecule has 8 heteroatoms. The number of amides is 1. The van der Waals surface area contributed by atoms with Gasteiger partial charge in [0, 0.05) is 24.5 Å². The van der Waals surface area contributed by atoms with Crippen molar-refractivity contribution < 1.29 is 17.6 Å². The third kappa shape index (κ3) is 6.40. The normalized spacial score (nSPS) is 11.5. The molecule has 0 saturated heterocycles. The number of para-hydroxylation sites is 1. The molecule has 140 valence electrons. The van der Waals surface area contributed by atoms with Gasteiger partial charge < -0.3 is 5.32 Å². The van der Waals surface area contributed by atoms with Crippen LogP contribution in [-0.2, 0) is 21.2 Å². The second-order valence-electron chi connectivity index (χ2n) is 5.82. The van der Waals surface area contributed by atoms with Crippen LogP contribution in [0.25, 0.3) is 0 Å². The van der Waals surface area contributed by atoms with E-state index in [1.54, 1.807) is 18.2 Å². The molecule has 26 heavy (non-hydrogen) atoms. The SMILES string of the molecule is CS(=O)(=O)N(CCC(=O)Nc1ccccc1F)CCc1ccc(Cl)cc1. The Balaban J connectivity index is 1.92. The van der Waals surface area contributed by atoms with Crippen LogP contribution in [0.5, 0.6) is 0 Å². The van der Waals surface area contributed by atoms with Crippen molar-refractivity contribution in [2.45, 2.75) is 12.8 Å². The lowest BCUT2D eigenvalue weighted by molar-refractivity contribution is -0.116. The van der Waals surface area contributed by atoms with Gasteiger partial charge in [0.05, 0.1) is 11.9 Å². The summed E-state index contributed by atoms with van der Waals surface area (Å²) in [5, 5.41) is 3.06. The van der Waals surface area contributed by atoms with Crippen LogP contribution >= 0.6 is 11.6 Å². The smallest absolute Gasteiger partial charge is 0.225 e. The van der Waals surface area contributed by atoms with E-state index in [9.17, 15) is 17.6 Å². The summed E-state index contributed by atoms with van der Waals surface area (Å²) in [6.45, 7) is 0.264. The number of nitrogens with zero attached hydrogens (tertiary/aromatic N) is 1. The molecule has 0 radical (unpaired) electrons. The van der Waals surface area contributed by atoms with Crippen molar-refractivity contribution in [2.24, 2.45) is 0 Å². The minimum Gasteiger partial charge on any atom is -0.324 e. The number of halogens is 2. The van der Waals surface area contributed by atoms with Gasteiger partial charge >= 0.3 is 0 Å². The number of hydrogen-bond donors (Lipinski definition) is 1. The van der Waals surface area contributed by atoms with Gasteiger partial charge in [-0.2, -0.15) is 0 Å². The van der Waals surface area contributed by atoms with E-state index < -0.39 is 21.7 Å². The Morgan fingerprint density at radius 3 is 2.38 bits per heavy atom. The molecule has 2 aromatic rings. The van der Waals surface area contributed by atoms with E-state index >= 15 is 0 Å². The summed E-state index contributed by atoms with van der Waals surface area (Å²) in [5.74, 6) is -0.987. The molecule has 0 heterocycles. The predicted octanol–water partition coefficient (Wildman–Crippen LogP) is 3.31. The monoisotopic (exact) mass is 398 g/mol. The lowest BCUT2D eigenvalue weighted by Gasteiger charge is -2.19. The Hall–Kier alpha value is -1.96. The molecule has 0 aliphatic rings. The summed E-state index contributed by atoms with van der Waals surface area (Å²) in [6, 6.07) is 12.9. The van der Waals surface area contributed by atoms with Crippen molar-refractivity contribution >= 4 is 33.2 Å². The highest BCUT2D eigenvalue weighted by Gasteiger charge is 2.18. The zero-order chi connectivity index (χ0) is 19.2. The van der Waals surface area contributed by atoms with Gasteiger partial charge in [0.2, 0.25) is 15.9 Å². The average Bonchev–Trinajstić information content (AvgIpc) is 2.57. The summed E-state index contributed by atoms with van der Waals surface area (Å²) in [6.07, 6.45) is 1.53. The number of carbonyl (C=O) groups excluding carboxylic acids is 1. The molecule has 0 spiro atoms. The van der Waals surface area contributed by atoms with Crippen molar-refractivity contribution in [3.05, 3.63) is 64.9 Å². The highest BCUT2D eigenvalue weighted by Crippen LogP contribution is 2.14. The summed E-state index contributed by atoms with van der Waals surface area (Å²) in [4.78, 5) is 12.0. The minimum atomic E-state index is -3.47. The standard InChI is InChI=1S/C18H20ClFN2O3S/c1-26(24,25)22(12-10-14-6-8-15(19)9-7-14)13-11-18(23)21-17-5-3-2-4-16(17)20/h2-9H,10-13H2,1H3,(H,21,23). The van der Waals surface area contributed by atoms with E-state index in [4.69, 9.17) is 11.6 Å². The molecule has 0 aromatic heterocycles. The van der Waals surface area contributed by atoms with Crippen molar-refractivity contribution in [1.29, 1.82) is 0 Å². The number of hydrogen-bond acceptors (Lipinski definition) is 3. The number of anilines is 1. The van der Waals surface area contributed by atoms with Crippen LogP contribution in [0.15, 0.2) is 48.5 Å². The minimum absolute atomic E-state index is 0.0205. The van der Waals surface area contributed by atoms with Crippen molar-refractivity contribution in [3.8, 4) is 0 Å². The molecule has 2 aromatic carbocycles. The number of carbonyl (C=O) groups is 1. The van der Waals surface area contributed by atoms with Crippen LogP contribution in [0, 0.1) is 5.82 Å². The van der Waals surface area contributed by atoms with Gasteiger partial charge in [-0.15, -0.1) is 0 Å². The van der Waals surface area contributed by atoms with E-state index in [2.05, 4.69) is 5.32 Å². The third-order valence-electron chi connectivity index (χ3n) is 3.77. The second kappa shape index (κ2) is 9.12. The summed E-state index contributed by atoms with van der Waals surface area (Å²) in [7, 11) is -3.47. The first-order chi connectivity index (χ1) is 12.3.